The van der Waals surface area contributed by atoms with Crippen molar-refractivity contribution in [1.29, 1.82) is 0 Å². The maximum Gasteiger partial charge on any atom is 0.0161 e. The number of unbranched alkanes of at least 4 members (excludes halogenated alkanes) is 1. The van der Waals surface area contributed by atoms with Crippen molar-refractivity contribution in [3.63, 3.8) is 0 Å². The molecule has 0 aromatic carbocycles. The molecule has 8 atom stereocenters. The Morgan fingerprint density at radius 1 is 1.04 bits per heavy atom. The molecule has 140 valence electrons. The first-order chi connectivity index (χ1) is 11.6. The average Bonchev–Trinajstić information content (AvgIpc) is 3.01. The molecule has 24 heavy (non-hydrogen) atoms. The third-order valence-corrected chi connectivity index (χ3v) is 7.62. The van der Waals surface area contributed by atoms with Crippen molar-refractivity contribution < 1.29 is 0 Å². The van der Waals surface area contributed by atoms with E-state index in [1.807, 2.05) is 0 Å². The van der Waals surface area contributed by atoms with Crippen LogP contribution in [0.4, 0.5) is 0 Å². The molecule has 2 aliphatic rings. The molecule has 1 saturated heterocycles. The summed E-state index contributed by atoms with van der Waals surface area (Å²) in [7, 11) is 0. The largest absolute Gasteiger partial charge is 0.310 e. The highest BCUT2D eigenvalue weighted by molar-refractivity contribution is 5.05. The Morgan fingerprint density at radius 2 is 1.79 bits per heavy atom. The molecule has 0 amide bonds. The van der Waals surface area contributed by atoms with Gasteiger partial charge in [-0.25, -0.2) is 0 Å². The van der Waals surface area contributed by atoms with Crippen LogP contribution in [-0.4, -0.2) is 12.1 Å². The van der Waals surface area contributed by atoms with Crippen LogP contribution >= 0.6 is 0 Å². The molecule has 0 bridgehead atoms. The van der Waals surface area contributed by atoms with Gasteiger partial charge >= 0.3 is 0 Å². The van der Waals surface area contributed by atoms with Gasteiger partial charge in [-0.05, 0) is 61.7 Å². The summed E-state index contributed by atoms with van der Waals surface area (Å²) in [6, 6.07) is 1.46. The summed E-state index contributed by atoms with van der Waals surface area (Å²) in [5.41, 5.74) is 0. The molecule has 1 aliphatic carbocycles. The molecule has 2 rings (SSSR count). The van der Waals surface area contributed by atoms with Gasteiger partial charge in [0, 0.05) is 12.1 Å². The Bertz CT molecular complexity index is 387. The van der Waals surface area contributed by atoms with Crippen molar-refractivity contribution in [2.75, 3.05) is 0 Å². The molecule has 8 unspecified atom stereocenters. The minimum Gasteiger partial charge on any atom is -0.310 e. The second-order valence-corrected chi connectivity index (χ2v) is 8.82. The summed E-state index contributed by atoms with van der Waals surface area (Å²) >= 11 is 0. The van der Waals surface area contributed by atoms with E-state index in [9.17, 15) is 0 Å². The molecule has 0 aromatic rings. The SMILES string of the molecule is C/C=C\C(CC)C1NC2CC(C(CC)CCCC)CC2C(C)C1C. The molecule has 1 saturated carbocycles. The Hall–Kier alpha value is -0.300. The van der Waals surface area contributed by atoms with Crippen molar-refractivity contribution in [2.45, 2.75) is 98.6 Å². The van der Waals surface area contributed by atoms with Crippen LogP contribution in [0.1, 0.15) is 86.5 Å². The Kier molecular flexibility index (Phi) is 7.85. The van der Waals surface area contributed by atoms with Gasteiger partial charge in [-0.15, -0.1) is 0 Å². The molecule has 2 fully saturated rings. The van der Waals surface area contributed by atoms with Crippen molar-refractivity contribution in [3.8, 4) is 0 Å². The van der Waals surface area contributed by atoms with Gasteiger partial charge in [0.15, 0.2) is 0 Å². The van der Waals surface area contributed by atoms with E-state index < -0.39 is 0 Å². The van der Waals surface area contributed by atoms with Crippen LogP contribution in [0.15, 0.2) is 12.2 Å². The van der Waals surface area contributed by atoms with Gasteiger partial charge in [-0.1, -0.05) is 72.5 Å². The van der Waals surface area contributed by atoms with E-state index in [4.69, 9.17) is 0 Å². The second kappa shape index (κ2) is 9.41. The molecule has 1 nitrogen and oxygen atoms in total. The first kappa shape index (κ1) is 20.0. The van der Waals surface area contributed by atoms with Gasteiger partial charge in [0.1, 0.15) is 0 Å². The fourth-order valence-electron chi connectivity index (χ4n) is 5.89. The zero-order valence-corrected chi connectivity index (χ0v) is 17.2. The minimum atomic E-state index is 0.678. The minimum absolute atomic E-state index is 0.678. The molecule has 1 heterocycles. The molecule has 1 heteroatoms. The van der Waals surface area contributed by atoms with E-state index in [2.05, 4.69) is 59.0 Å². The number of hydrogen-bond donors (Lipinski definition) is 1. The predicted octanol–water partition coefficient (Wildman–Crippen LogP) is 6.44. The number of allylic oxidation sites excluding steroid dienone is 1. The zero-order chi connectivity index (χ0) is 17.7. The highest BCUT2D eigenvalue weighted by Crippen LogP contribution is 2.48. The van der Waals surface area contributed by atoms with E-state index in [1.54, 1.807) is 0 Å². The average molecular weight is 334 g/mol. The van der Waals surface area contributed by atoms with E-state index in [0.29, 0.717) is 12.0 Å². The van der Waals surface area contributed by atoms with Crippen molar-refractivity contribution in [1.82, 2.24) is 5.32 Å². The number of hydrogen-bond acceptors (Lipinski definition) is 1. The second-order valence-electron chi connectivity index (χ2n) is 8.82. The highest BCUT2D eigenvalue weighted by Gasteiger charge is 2.47. The summed E-state index contributed by atoms with van der Waals surface area (Å²) in [6.07, 6.45) is 14.5. The quantitative estimate of drug-likeness (QED) is 0.504. The predicted molar refractivity (Wildman–Crippen MR) is 107 cm³/mol. The summed E-state index contributed by atoms with van der Waals surface area (Å²) in [4.78, 5) is 0. The Balaban J connectivity index is 2.07. The van der Waals surface area contributed by atoms with Crippen LogP contribution in [0.3, 0.4) is 0 Å². The normalized spacial score (nSPS) is 39.1. The maximum absolute atomic E-state index is 4.15. The van der Waals surface area contributed by atoms with Gasteiger partial charge in [0.25, 0.3) is 0 Å². The lowest BCUT2D eigenvalue weighted by atomic mass is 9.70. The van der Waals surface area contributed by atoms with Crippen LogP contribution in [0, 0.1) is 35.5 Å². The molecule has 1 N–H and O–H groups in total. The summed E-state index contributed by atoms with van der Waals surface area (Å²) in [6.45, 7) is 14.3. The van der Waals surface area contributed by atoms with Gasteiger partial charge in [0.2, 0.25) is 0 Å². The first-order valence-electron chi connectivity index (χ1n) is 11.0. The van der Waals surface area contributed by atoms with Crippen LogP contribution in [0.2, 0.25) is 0 Å². The molecular weight excluding hydrogens is 290 g/mol. The van der Waals surface area contributed by atoms with Crippen molar-refractivity contribution >= 4 is 0 Å². The topological polar surface area (TPSA) is 12.0 Å². The van der Waals surface area contributed by atoms with Crippen LogP contribution in [0.5, 0.6) is 0 Å². The number of piperidine rings is 1. The molecule has 0 spiro atoms. The molecule has 0 radical (unpaired) electrons. The first-order valence-corrected chi connectivity index (χ1v) is 11.0. The summed E-state index contributed by atoms with van der Waals surface area (Å²) < 4.78 is 0. The van der Waals surface area contributed by atoms with E-state index >= 15 is 0 Å². The standard InChI is InChI=1S/C23H43N/c1-7-11-13-18(9-3)20-14-21-16(5)17(6)23(24-22(21)15-20)19(10-4)12-8-2/h8,12,16-24H,7,9-11,13-15H2,1-6H3/b12-8-. The lowest BCUT2D eigenvalue weighted by molar-refractivity contribution is 0.0947. The molecule has 1 aliphatic heterocycles. The van der Waals surface area contributed by atoms with E-state index in [-0.39, 0.29) is 0 Å². The Morgan fingerprint density at radius 3 is 2.38 bits per heavy atom. The van der Waals surface area contributed by atoms with Gasteiger partial charge in [-0.2, -0.15) is 0 Å². The smallest absolute Gasteiger partial charge is 0.0161 e. The zero-order valence-electron chi connectivity index (χ0n) is 17.2. The van der Waals surface area contributed by atoms with Crippen molar-refractivity contribution in [3.05, 3.63) is 12.2 Å². The maximum atomic E-state index is 4.15. The van der Waals surface area contributed by atoms with Crippen LogP contribution < -0.4 is 5.32 Å². The fourth-order valence-corrected chi connectivity index (χ4v) is 5.89. The van der Waals surface area contributed by atoms with Gasteiger partial charge in [0.05, 0.1) is 0 Å². The fraction of sp³-hybridized carbons (Fsp3) is 0.913. The third kappa shape index (κ3) is 4.26. The summed E-state index contributed by atoms with van der Waals surface area (Å²) in [5, 5.41) is 4.15. The number of nitrogens with one attached hydrogen (secondary N) is 1. The lowest BCUT2D eigenvalue weighted by Gasteiger charge is -2.46. The highest BCUT2D eigenvalue weighted by atomic mass is 15.0. The van der Waals surface area contributed by atoms with E-state index in [1.165, 1.54) is 44.9 Å². The monoisotopic (exact) mass is 333 g/mol. The Labute approximate surface area is 152 Å². The van der Waals surface area contributed by atoms with Crippen molar-refractivity contribution in [2.24, 2.45) is 35.5 Å². The third-order valence-electron chi connectivity index (χ3n) is 7.62. The van der Waals surface area contributed by atoms with Crippen LogP contribution in [-0.2, 0) is 0 Å². The summed E-state index contributed by atoms with van der Waals surface area (Å²) in [5.74, 6) is 5.22. The molecular formula is C23H43N. The number of rotatable bonds is 8. The van der Waals surface area contributed by atoms with Crippen LogP contribution in [0.25, 0.3) is 0 Å². The molecule has 0 aromatic heterocycles. The van der Waals surface area contributed by atoms with Gasteiger partial charge < -0.3 is 5.32 Å². The lowest BCUT2D eigenvalue weighted by Crippen LogP contribution is -2.56. The van der Waals surface area contributed by atoms with E-state index in [0.717, 1.165) is 35.6 Å². The number of fused-ring (bicyclic) bond motifs is 1. The van der Waals surface area contributed by atoms with Gasteiger partial charge in [-0.3, -0.25) is 0 Å².